The summed E-state index contributed by atoms with van der Waals surface area (Å²) in [4.78, 5) is 25.6. The Kier molecular flexibility index (Phi) is 3.97. The lowest BCUT2D eigenvalue weighted by molar-refractivity contribution is -0.384. The molecule has 0 aliphatic heterocycles. The fourth-order valence-electron chi connectivity index (χ4n) is 2.70. The maximum absolute atomic E-state index is 11.5. The first-order chi connectivity index (χ1) is 9.84. The molecule has 2 rings (SSSR count). The monoisotopic (exact) mass is 294 g/mol. The Morgan fingerprint density at radius 3 is 2.86 bits per heavy atom. The molecule has 1 heterocycles. The van der Waals surface area contributed by atoms with Crippen LogP contribution in [0.1, 0.15) is 32.6 Å². The van der Waals surface area contributed by atoms with E-state index in [1.54, 1.807) is 6.92 Å². The molecule has 8 heteroatoms. The Balaban J connectivity index is 2.22. The molecule has 4 N–H and O–H groups in total. The number of carbonyl (C=O) groups is 1. The number of pyridine rings is 1. The first-order valence-corrected chi connectivity index (χ1v) is 6.75. The van der Waals surface area contributed by atoms with Gasteiger partial charge in [0.1, 0.15) is 5.82 Å². The van der Waals surface area contributed by atoms with E-state index in [9.17, 15) is 20.0 Å². The molecule has 0 amide bonds. The molecule has 21 heavy (non-hydrogen) atoms. The first kappa shape index (κ1) is 15.0. The predicted molar refractivity (Wildman–Crippen MR) is 76.9 cm³/mol. The number of carboxylic acid groups (broad SMARTS) is 1. The van der Waals surface area contributed by atoms with Gasteiger partial charge in [-0.25, -0.2) is 4.98 Å². The quantitative estimate of drug-likeness (QED) is 0.571. The zero-order chi connectivity index (χ0) is 15.6. The third-order valence-corrected chi connectivity index (χ3v) is 4.12. The summed E-state index contributed by atoms with van der Waals surface area (Å²) in [5.74, 6) is -0.676. The van der Waals surface area contributed by atoms with E-state index in [-0.39, 0.29) is 17.5 Å². The number of hydrogen-bond donors (Lipinski definition) is 3. The standard InChI is InChI=1S/C13H18N4O4/c1-13(12(18)19)7-3-2-4-9(13)15-10-6-5-8(17(20)21)11(14)16-10/h5-6,9H,2-4,7H2,1H3,(H,18,19)(H3,14,15,16). The molecule has 1 aliphatic carbocycles. The van der Waals surface area contributed by atoms with Crippen LogP contribution in [0.2, 0.25) is 0 Å². The van der Waals surface area contributed by atoms with E-state index in [1.807, 2.05) is 0 Å². The number of aromatic nitrogens is 1. The van der Waals surface area contributed by atoms with E-state index in [0.717, 1.165) is 12.8 Å². The molecule has 8 nitrogen and oxygen atoms in total. The van der Waals surface area contributed by atoms with Crippen LogP contribution in [0.3, 0.4) is 0 Å². The van der Waals surface area contributed by atoms with E-state index in [1.165, 1.54) is 12.1 Å². The molecule has 1 saturated carbocycles. The van der Waals surface area contributed by atoms with Gasteiger partial charge in [0.05, 0.1) is 10.3 Å². The molecule has 0 saturated heterocycles. The number of carboxylic acids is 1. The summed E-state index contributed by atoms with van der Waals surface area (Å²) >= 11 is 0. The summed E-state index contributed by atoms with van der Waals surface area (Å²) in [6.07, 6.45) is 3.10. The van der Waals surface area contributed by atoms with Crippen LogP contribution in [-0.2, 0) is 4.79 Å². The van der Waals surface area contributed by atoms with Crippen molar-refractivity contribution >= 4 is 23.3 Å². The molecule has 1 aliphatic rings. The van der Waals surface area contributed by atoms with Gasteiger partial charge in [-0.3, -0.25) is 14.9 Å². The van der Waals surface area contributed by atoms with Crippen molar-refractivity contribution in [2.45, 2.75) is 38.6 Å². The fourth-order valence-corrected chi connectivity index (χ4v) is 2.70. The van der Waals surface area contributed by atoms with Crippen LogP contribution in [0.4, 0.5) is 17.3 Å². The van der Waals surface area contributed by atoms with Crippen molar-refractivity contribution in [3.05, 3.63) is 22.2 Å². The average Bonchev–Trinajstić information content (AvgIpc) is 2.41. The van der Waals surface area contributed by atoms with Crippen LogP contribution in [-0.4, -0.2) is 27.0 Å². The summed E-state index contributed by atoms with van der Waals surface area (Å²) < 4.78 is 0. The van der Waals surface area contributed by atoms with Gasteiger partial charge in [0.2, 0.25) is 5.82 Å². The molecule has 1 aromatic heterocycles. The van der Waals surface area contributed by atoms with Crippen molar-refractivity contribution < 1.29 is 14.8 Å². The van der Waals surface area contributed by atoms with Crippen molar-refractivity contribution in [3.8, 4) is 0 Å². The van der Waals surface area contributed by atoms with Gasteiger partial charge in [0, 0.05) is 12.1 Å². The van der Waals surface area contributed by atoms with E-state index in [0.29, 0.717) is 18.7 Å². The number of rotatable bonds is 4. The highest BCUT2D eigenvalue weighted by Crippen LogP contribution is 2.38. The van der Waals surface area contributed by atoms with Gasteiger partial charge in [-0.1, -0.05) is 12.8 Å². The minimum absolute atomic E-state index is 0.183. The Morgan fingerprint density at radius 2 is 2.29 bits per heavy atom. The van der Waals surface area contributed by atoms with Crippen LogP contribution in [0, 0.1) is 15.5 Å². The maximum atomic E-state index is 11.5. The van der Waals surface area contributed by atoms with Crippen LogP contribution in [0.25, 0.3) is 0 Å². The third-order valence-electron chi connectivity index (χ3n) is 4.12. The number of nitrogens with one attached hydrogen (secondary N) is 1. The molecule has 0 radical (unpaired) electrons. The van der Waals surface area contributed by atoms with E-state index in [2.05, 4.69) is 10.3 Å². The molecule has 0 bridgehead atoms. The average molecular weight is 294 g/mol. The maximum Gasteiger partial charge on any atom is 0.311 e. The highest BCUT2D eigenvalue weighted by Gasteiger charge is 2.43. The number of anilines is 2. The van der Waals surface area contributed by atoms with Crippen LogP contribution < -0.4 is 11.1 Å². The summed E-state index contributed by atoms with van der Waals surface area (Å²) in [5, 5.41) is 23.2. The smallest absolute Gasteiger partial charge is 0.311 e. The topological polar surface area (TPSA) is 131 Å². The van der Waals surface area contributed by atoms with Crippen molar-refractivity contribution in [2.24, 2.45) is 5.41 Å². The van der Waals surface area contributed by atoms with Gasteiger partial charge in [-0.05, 0) is 25.8 Å². The Bertz CT molecular complexity index is 577. The molecule has 2 atom stereocenters. The number of hydrogen-bond acceptors (Lipinski definition) is 6. The highest BCUT2D eigenvalue weighted by atomic mass is 16.6. The summed E-state index contributed by atoms with van der Waals surface area (Å²) in [7, 11) is 0. The Morgan fingerprint density at radius 1 is 1.57 bits per heavy atom. The van der Waals surface area contributed by atoms with Crippen LogP contribution in [0.5, 0.6) is 0 Å². The summed E-state index contributed by atoms with van der Waals surface area (Å²) in [6, 6.07) is 2.44. The molecule has 1 aromatic rings. The number of nitrogens with zero attached hydrogens (tertiary/aromatic N) is 2. The second-order valence-electron chi connectivity index (χ2n) is 5.52. The second kappa shape index (κ2) is 5.55. The lowest BCUT2D eigenvalue weighted by Crippen LogP contribution is -2.46. The van der Waals surface area contributed by atoms with Crippen molar-refractivity contribution in [1.29, 1.82) is 0 Å². The number of nitrogen functional groups attached to an aromatic ring is 1. The zero-order valence-electron chi connectivity index (χ0n) is 11.7. The van der Waals surface area contributed by atoms with Gasteiger partial charge in [0.15, 0.2) is 0 Å². The molecule has 114 valence electrons. The molecular formula is C13H18N4O4. The number of nitrogens with two attached hydrogens (primary N) is 1. The Labute approximate surface area is 121 Å². The molecule has 2 unspecified atom stereocenters. The van der Waals surface area contributed by atoms with Crippen LogP contribution in [0.15, 0.2) is 12.1 Å². The van der Waals surface area contributed by atoms with Crippen molar-refractivity contribution in [2.75, 3.05) is 11.1 Å². The predicted octanol–water partition coefficient (Wildman–Crippen LogP) is 2.02. The van der Waals surface area contributed by atoms with E-state index < -0.39 is 16.3 Å². The molecular weight excluding hydrogens is 276 g/mol. The largest absolute Gasteiger partial charge is 0.481 e. The van der Waals surface area contributed by atoms with Gasteiger partial charge < -0.3 is 16.2 Å². The summed E-state index contributed by atoms with van der Waals surface area (Å²) in [6.45, 7) is 1.71. The lowest BCUT2D eigenvalue weighted by atomic mass is 9.71. The van der Waals surface area contributed by atoms with Crippen LogP contribution >= 0.6 is 0 Å². The summed E-state index contributed by atoms with van der Waals surface area (Å²) in [5.41, 5.74) is 4.41. The van der Waals surface area contributed by atoms with E-state index in [4.69, 9.17) is 5.73 Å². The normalized spacial score (nSPS) is 25.3. The minimum Gasteiger partial charge on any atom is -0.481 e. The zero-order valence-corrected chi connectivity index (χ0v) is 11.7. The fraction of sp³-hybridized carbons (Fsp3) is 0.538. The Hall–Kier alpha value is -2.38. The van der Waals surface area contributed by atoms with Crippen molar-refractivity contribution in [1.82, 2.24) is 4.98 Å². The molecule has 0 aromatic carbocycles. The minimum atomic E-state index is -0.879. The third kappa shape index (κ3) is 2.88. The van der Waals surface area contributed by atoms with E-state index >= 15 is 0 Å². The van der Waals surface area contributed by atoms with Crippen molar-refractivity contribution in [3.63, 3.8) is 0 Å². The van der Waals surface area contributed by atoms with Gasteiger partial charge in [-0.15, -0.1) is 0 Å². The number of nitro groups is 1. The SMILES string of the molecule is CC1(C(=O)O)CCCCC1Nc1ccc([N+](=O)[O-])c(N)n1. The van der Waals surface area contributed by atoms with Gasteiger partial charge >= 0.3 is 11.7 Å². The highest BCUT2D eigenvalue weighted by molar-refractivity contribution is 5.76. The van der Waals surface area contributed by atoms with Gasteiger partial charge in [0.25, 0.3) is 0 Å². The molecule has 1 fully saturated rings. The second-order valence-corrected chi connectivity index (χ2v) is 5.52. The van der Waals surface area contributed by atoms with Gasteiger partial charge in [-0.2, -0.15) is 0 Å². The molecule has 0 spiro atoms. The number of aliphatic carboxylic acids is 1. The lowest BCUT2D eigenvalue weighted by Gasteiger charge is -2.38. The first-order valence-electron chi connectivity index (χ1n) is 6.75.